The summed E-state index contributed by atoms with van der Waals surface area (Å²) in [5.74, 6) is -0.133. The Kier molecular flexibility index (Phi) is 7.75. The van der Waals surface area contributed by atoms with Crippen LogP contribution < -0.4 is 0 Å². The van der Waals surface area contributed by atoms with Crippen molar-refractivity contribution in [2.75, 3.05) is 6.61 Å². The quantitative estimate of drug-likeness (QED) is 0.313. The lowest BCUT2D eigenvalue weighted by Gasteiger charge is -2.39. The van der Waals surface area contributed by atoms with Gasteiger partial charge in [-0.25, -0.2) is 4.98 Å². The Morgan fingerprint density at radius 1 is 1.03 bits per heavy atom. The maximum atomic E-state index is 13.4. The highest BCUT2D eigenvalue weighted by molar-refractivity contribution is 5.34. The molecule has 1 fully saturated rings. The summed E-state index contributed by atoms with van der Waals surface area (Å²) in [4.78, 5) is 4.05. The zero-order chi connectivity index (χ0) is 25.9. The number of hydrogen-bond donors (Lipinski definition) is 0. The molecule has 2 aromatic carbocycles. The maximum absolute atomic E-state index is 13.4. The second kappa shape index (κ2) is 10.6. The van der Waals surface area contributed by atoms with Gasteiger partial charge >= 0.3 is 12.4 Å². The maximum Gasteiger partial charge on any atom is 0.416 e. The summed E-state index contributed by atoms with van der Waals surface area (Å²) in [5.41, 5.74) is -2.02. The first-order valence-electron chi connectivity index (χ1n) is 11.6. The summed E-state index contributed by atoms with van der Waals surface area (Å²) in [6.45, 7) is 2.51. The molecule has 4 atom stereocenters. The van der Waals surface area contributed by atoms with Crippen molar-refractivity contribution in [3.63, 3.8) is 0 Å². The van der Waals surface area contributed by atoms with E-state index in [2.05, 4.69) is 4.98 Å². The van der Waals surface area contributed by atoms with Crippen LogP contribution in [0.4, 0.5) is 26.3 Å². The molecule has 4 rings (SSSR count). The Morgan fingerprint density at radius 2 is 1.69 bits per heavy atom. The molecule has 0 bridgehead atoms. The molecule has 2 heterocycles. The van der Waals surface area contributed by atoms with Crippen molar-refractivity contribution in [1.82, 2.24) is 9.55 Å². The Balaban J connectivity index is 1.61. The Bertz CT molecular complexity index is 1080. The summed E-state index contributed by atoms with van der Waals surface area (Å²) >= 11 is 0. The van der Waals surface area contributed by atoms with Gasteiger partial charge in [0, 0.05) is 24.9 Å². The lowest BCUT2D eigenvalue weighted by atomic mass is 9.80. The molecule has 36 heavy (non-hydrogen) atoms. The highest BCUT2D eigenvalue weighted by atomic mass is 19.4. The van der Waals surface area contributed by atoms with Crippen LogP contribution in [-0.2, 0) is 28.4 Å². The molecule has 1 aromatic heterocycles. The summed E-state index contributed by atoms with van der Waals surface area (Å²) in [6, 6.07) is 11.0. The number of rotatable bonds is 7. The summed E-state index contributed by atoms with van der Waals surface area (Å²) in [7, 11) is 0. The minimum atomic E-state index is -4.93. The number of alkyl halides is 6. The normalized spacial score (nSPS) is 21.9. The fraction of sp³-hybridized carbons (Fsp3) is 0.423. The standard InChI is InChI=1S/C26H26F6N2O2/c1-17(20-13-21(25(27,28)29)15-22(14-20)26(30,31)32)36-24-23(18-5-3-2-4-6-18)19(8-12-35-24)7-10-34-11-9-33-16-34/h2-6,9,11,13-17,19,23-24H,7-8,10,12H2,1H3/t17-,19+,23-,24-/m1/s1. The zero-order valence-electron chi connectivity index (χ0n) is 19.5. The van der Waals surface area contributed by atoms with E-state index in [-0.39, 0.29) is 23.5 Å². The molecular weight excluding hydrogens is 486 g/mol. The van der Waals surface area contributed by atoms with E-state index in [0.29, 0.717) is 25.3 Å². The smallest absolute Gasteiger partial charge is 0.352 e. The van der Waals surface area contributed by atoms with Gasteiger partial charge in [0.15, 0.2) is 6.29 Å². The van der Waals surface area contributed by atoms with Crippen molar-refractivity contribution >= 4 is 0 Å². The van der Waals surface area contributed by atoms with E-state index in [1.807, 2.05) is 41.1 Å². The molecule has 0 spiro atoms. The molecule has 1 saturated heterocycles. The van der Waals surface area contributed by atoms with E-state index >= 15 is 0 Å². The van der Waals surface area contributed by atoms with Gasteiger partial charge in [0.1, 0.15) is 0 Å². The van der Waals surface area contributed by atoms with Crippen molar-refractivity contribution in [3.05, 3.63) is 89.5 Å². The third-order valence-corrected chi connectivity index (χ3v) is 6.49. The number of aromatic nitrogens is 2. The summed E-state index contributed by atoms with van der Waals surface area (Å²) in [6.07, 6.45) is -4.98. The predicted molar refractivity (Wildman–Crippen MR) is 120 cm³/mol. The number of ether oxygens (including phenoxy) is 2. The van der Waals surface area contributed by atoms with Crippen LogP contribution in [0.25, 0.3) is 0 Å². The van der Waals surface area contributed by atoms with Crippen LogP contribution in [0.15, 0.2) is 67.3 Å². The van der Waals surface area contributed by atoms with Crippen molar-refractivity contribution in [2.24, 2.45) is 5.92 Å². The van der Waals surface area contributed by atoms with Gasteiger partial charge < -0.3 is 14.0 Å². The second-order valence-electron chi connectivity index (χ2n) is 8.93. The van der Waals surface area contributed by atoms with E-state index in [4.69, 9.17) is 9.47 Å². The van der Waals surface area contributed by atoms with Crippen molar-refractivity contribution < 1.29 is 35.8 Å². The Hall–Kier alpha value is -2.85. The Labute approximate surface area is 204 Å². The van der Waals surface area contributed by atoms with Crippen molar-refractivity contribution in [2.45, 2.75) is 57.0 Å². The molecule has 1 aliphatic heterocycles. The average molecular weight is 512 g/mol. The van der Waals surface area contributed by atoms with Crippen LogP contribution in [0.3, 0.4) is 0 Å². The minimum Gasteiger partial charge on any atom is -0.352 e. The topological polar surface area (TPSA) is 36.3 Å². The predicted octanol–water partition coefficient (Wildman–Crippen LogP) is 7.24. The third-order valence-electron chi connectivity index (χ3n) is 6.49. The molecule has 4 nitrogen and oxygen atoms in total. The molecule has 0 saturated carbocycles. The molecule has 0 amide bonds. The Morgan fingerprint density at radius 3 is 2.28 bits per heavy atom. The summed E-state index contributed by atoms with van der Waals surface area (Å²) in [5, 5.41) is 0. The number of nitrogens with zero attached hydrogens (tertiary/aromatic N) is 2. The molecule has 0 unspecified atom stereocenters. The van der Waals surface area contributed by atoms with Gasteiger partial charge in [-0.05, 0) is 55.0 Å². The number of halogens is 6. The first kappa shape index (κ1) is 26.2. The van der Waals surface area contributed by atoms with Crippen molar-refractivity contribution in [3.8, 4) is 0 Å². The highest BCUT2D eigenvalue weighted by Crippen LogP contribution is 2.42. The van der Waals surface area contributed by atoms with E-state index in [1.54, 1.807) is 12.5 Å². The molecule has 0 radical (unpaired) electrons. The van der Waals surface area contributed by atoms with Crippen LogP contribution >= 0.6 is 0 Å². The van der Waals surface area contributed by atoms with E-state index in [9.17, 15) is 26.3 Å². The van der Waals surface area contributed by atoms with E-state index < -0.39 is 35.9 Å². The minimum absolute atomic E-state index is 0.117. The van der Waals surface area contributed by atoms with E-state index in [1.165, 1.54) is 6.92 Å². The fourth-order valence-electron chi connectivity index (χ4n) is 4.62. The van der Waals surface area contributed by atoms with Crippen LogP contribution in [0.1, 0.15) is 54.0 Å². The molecule has 10 heteroatoms. The monoisotopic (exact) mass is 512 g/mol. The van der Waals surface area contributed by atoms with E-state index in [0.717, 1.165) is 18.4 Å². The van der Waals surface area contributed by atoms with Gasteiger partial charge in [-0.3, -0.25) is 0 Å². The molecule has 1 aliphatic rings. The molecule has 0 aliphatic carbocycles. The molecule has 3 aromatic rings. The van der Waals surface area contributed by atoms with Gasteiger partial charge in [0.05, 0.1) is 30.2 Å². The fourth-order valence-corrected chi connectivity index (χ4v) is 4.62. The summed E-state index contributed by atoms with van der Waals surface area (Å²) < 4.78 is 94.1. The van der Waals surface area contributed by atoms with Crippen LogP contribution in [0.5, 0.6) is 0 Å². The van der Waals surface area contributed by atoms with Gasteiger partial charge in [0.25, 0.3) is 0 Å². The van der Waals surface area contributed by atoms with Gasteiger partial charge in [-0.1, -0.05) is 30.3 Å². The number of aryl methyl sites for hydroxylation is 1. The molecular formula is C26H26F6N2O2. The third kappa shape index (κ3) is 6.28. The lowest BCUT2D eigenvalue weighted by Crippen LogP contribution is -2.37. The van der Waals surface area contributed by atoms with Crippen LogP contribution in [0.2, 0.25) is 0 Å². The molecule has 0 N–H and O–H groups in total. The number of imidazole rings is 1. The van der Waals surface area contributed by atoms with Crippen LogP contribution in [0, 0.1) is 5.92 Å². The SMILES string of the molecule is C[C@@H](O[C@H]1OCC[C@H](CCn2ccnc2)[C@H]1c1ccccc1)c1cc(C(F)(F)F)cc(C(F)(F)F)c1. The number of benzene rings is 2. The van der Waals surface area contributed by atoms with Crippen LogP contribution in [-0.4, -0.2) is 22.4 Å². The first-order chi connectivity index (χ1) is 17.0. The lowest BCUT2D eigenvalue weighted by molar-refractivity contribution is -0.209. The van der Waals surface area contributed by atoms with Crippen molar-refractivity contribution in [1.29, 1.82) is 0 Å². The highest BCUT2D eigenvalue weighted by Gasteiger charge is 2.39. The molecule has 194 valence electrons. The largest absolute Gasteiger partial charge is 0.416 e. The second-order valence-corrected chi connectivity index (χ2v) is 8.93. The number of hydrogen-bond acceptors (Lipinski definition) is 3. The average Bonchev–Trinajstić information content (AvgIpc) is 3.36. The van der Waals surface area contributed by atoms with Gasteiger partial charge in [-0.2, -0.15) is 26.3 Å². The zero-order valence-corrected chi connectivity index (χ0v) is 19.5. The first-order valence-corrected chi connectivity index (χ1v) is 11.6. The van der Waals surface area contributed by atoms with Gasteiger partial charge in [0.2, 0.25) is 0 Å². The van der Waals surface area contributed by atoms with Gasteiger partial charge in [-0.15, -0.1) is 0 Å².